The molecule has 2 rings (SSSR count). The van der Waals surface area contributed by atoms with E-state index in [2.05, 4.69) is 22.2 Å². The maximum Gasteiger partial charge on any atom is 0.221 e. The van der Waals surface area contributed by atoms with Crippen molar-refractivity contribution < 1.29 is 14.3 Å². The number of benzene rings is 1. The van der Waals surface area contributed by atoms with E-state index in [1.54, 1.807) is 14.2 Å². The number of hydrogen-bond donors (Lipinski definition) is 1. The summed E-state index contributed by atoms with van der Waals surface area (Å²) in [5.41, 5.74) is 0.996. The highest BCUT2D eigenvalue weighted by Gasteiger charge is 2.14. The third kappa shape index (κ3) is 5.41. The van der Waals surface area contributed by atoms with Crippen LogP contribution in [0, 0.1) is 0 Å². The number of carbonyl (C=O) groups excluding carboxylic acids is 1. The van der Waals surface area contributed by atoms with Crippen LogP contribution >= 0.6 is 0 Å². The van der Waals surface area contributed by atoms with Crippen LogP contribution in [0.2, 0.25) is 0 Å². The molecule has 0 unspecified atom stereocenters. The Morgan fingerprint density at radius 1 is 1.13 bits per heavy atom. The Morgan fingerprint density at radius 3 is 2.48 bits per heavy atom. The van der Waals surface area contributed by atoms with Gasteiger partial charge in [0, 0.05) is 45.7 Å². The van der Waals surface area contributed by atoms with Gasteiger partial charge >= 0.3 is 0 Å². The van der Waals surface area contributed by atoms with Crippen molar-refractivity contribution in [2.75, 3.05) is 54.0 Å². The molecule has 0 aliphatic carbocycles. The van der Waals surface area contributed by atoms with Crippen LogP contribution in [0.5, 0.6) is 11.5 Å². The maximum absolute atomic E-state index is 12.0. The first-order valence-electron chi connectivity index (χ1n) is 8.01. The first kappa shape index (κ1) is 17.6. The van der Waals surface area contributed by atoms with Gasteiger partial charge in [-0.1, -0.05) is 6.07 Å². The van der Waals surface area contributed by atoms with E-state index in [1.165, 1.54) is 0 Å². The van der Waals surface area contributed by atoms with E-state index in [9.17, 15) is 4.79 Å². The molecule has 0 saturated carbocycles. The standard InChI is InChI=1S/C17H27N3O3/c1-19-8-10-20(11-9-19)7-6-17(21)18-13-14-4-5-15(22-2)16(12-14)23-3/h4-5,12H,6-11,13H2,1-3H3,(H,18,21). The van der Waals surface area contributed by atoms with Gasteiger partial charge in [-0.3, -0.25) is 4.79 Å². The summed E-state index contributed by atoms with van der Waals surface area (Å²) in [7, 11) is 5.35. The van der Waals surface area contributed by atoms with Crippen molar-refractivity contribution in [3.05, 3.63) is 23.8 Å². The number of hydrogen-bond acceptors (Lipinski definition) is 5. The third-order valence-corrected chi connectivity index (χ3v) is 4.19. The van der Waals surface area contributed by atoms with Crippen LogP contribution in [0.25, 0.3) is 0 Å². The Balaban J connectivity index is 1.74. The average Bonchev–Trinajstić information content (AvgIpc) is 2.59. The number of methoxy groups -OCH3 is 2. The van der Waals surface area contributed by atoms with Crippen molar-refractivity contribution in [3.8, 4) is 11.5 Å². The smallest absolute Gasteiger partial charge is 0.221 e. The molecule has 0 bridgehead atoms. The fourth-order valence-corrected chi connectivity index (χ4v) is 2.61. The summed E-state index contributed by atoms with van der Waals surface area (Å²) in [6.07, 6.45) is 0.539. The molecule has 1 aromatic carbocycles. The van der Waals surface area contributed by atoms with E-state index in [0.29, 0.717) is 24.5 Å². The molecule has 0 atom stereocenters. The Labute approximate surface area is 138 Å². The number of ether oxygens (including phenoxy) is 2. The molecule has 1 aliphatic rings. The average molecular weight is 321 g/mol. The normalized spacial score (nSPS) is 16.1. The van der Waals surface area contributed by atoms with Gasteiger partial charge < -0.3 is 24.6 Å². The molecule has 1 aliphatic heterocycles. The van der Waals surface area contributed by atoms with Gasteiger partial charge in [-0.25, -0.2) is 0 Å². The predicted octanol–water partition coefficient (Wildman–Crippen LogP) is 0.958. The van der Waals surface area contributed by atoms with Crippen molar-refractivity contribution in [2.45, 2.75) is 13.0 Å². The fourth-order valence-electron chi connectivity index (χ4n) is 2.61. The molecule has 1 aromatic rings. The SMILES string of the molecule is COc1ccc(CNC(=O)CCN2CCN(C)CC2)cc1OC. The number of piperazine rings is 1. The number of nitrogens with zero attached hydrogens (tertiary/aromatic N) is 2. The summed E-state index contributed by atoms with van der Waals surface area (Å²) in [5, 5.41) is 2.96. The second-order valence-corrected chi connectivity index (χ2v) is 5.86. The number of rotatable bonds is 7. The van der Waals surface area contributed by atoms with Crippen LogP contribution in [-0.4, -0.2) is 69.7 Å². The van der Waals surface area contributed by atoms with Crippen molar-refractivity contribution in [3.63, 3.8) is 0 Å². The fraction of sp³-hybridized carbons (Fsp3) is 0.588. The Hall–Kier alpha value is -1.79. The molecule has 1 fully saturated rings. The molecule has 1 N–H and O–H groups in total. The molecule has 1 saturated heterocycles. The van der Waals surface area contributed by atoms with Gasteiger partial charge in [0.05, 0.1) is 14.2 Å². The summed E-state index contributed by atoms with van der Waals surface area (Å²) in [4.78, 5) is 16.7. The second-order valence-electron chi connectivity index (χ2n) is 5.86. The van der Waals surface area contributed by atoms with E-state index >= 15 is 0 Å². The molecule has 6 nitrogen and oxygen atoms in total. The minimum absolute atomic E-state index is 0.0821. The van der Waals surface area contributed by atoms with Crippen LogP contribution in [0.1, 0.15) is 12.0 Å². The van der Waals surface area contributed by atoms with Crippen molar-refractivity contribution in [1.29, 1.82) is 0 Å². The summed E-state index contributed by atoms with van der Waals surface area (Å²) in [5.74, 6) is 1.45. The quantitative estimate of drug-likeness (QED) is 0.811. The molecule has 6 heteroatoms. The highest BCUT2D eigenvalue weighted by Crippen LogP contribution is 2.27. The lowest BCUT2D eigenvalue weighted by Crippen LogP contribution is -2.45. The van der Waals surface area contributed by atoms with Gasteiger partial charge in [0.15, 0.2) is 11.5 Å². The molecule has 128 valence electrons. The van der Waals surface area contributed by atoms with Crippen LogP contribution < -0.4 is 14.8 Å². The molecule has 0 radical (unpaired) electrons. The zero-order valence-corrected chi connectivity index (χ0v) is 14.3. The summed E-state index contributed by atoms with van der Waals surface area (Å²) < 4.78 is 10.5. The number of amides is 1. The number of likely N-dealkylation sites (N-methyl/N-ethyl adjacent to an activating group) is 1. The highest BCUT2D eigenvalue weighted by molar-refractivity contribution is 5.76. The van der Waals surface area contributed by atoms with Crippen LogP contribution in [0.4, 0.5) is 0 Å². The van der Waals surface area contributed by atoms with E-state index in [0.717, 1.165) is 38.3 Å². The largest absolute Gasteiger partial charge is 0.493 e. The zero-order valence-electron chi connectivity index (χ0n) is 14.3. The van der Waals surface area contributed by atoms with Gasteiger partial charge in [0.2, 0.25) is 5.91 Å². The van der Waals surface area contributed by atoms with E-state index in [1.807, 2.05) is 18.2 Å². The summed E-state index contributed by atoms with van der Waals surface area (Å²) in [6.45, 7) is 5.56. The van der Waals surface area contributed by atoms with Crippen LogP contribution in [0.3, 0.4) is 0 Å². The topological polar surface area (TPSA) is 54.0 Å². The van der Waals surface area contributed by atoms with Gasteiger partial charge in [-0.2, -0.15) is 0 Å². The highest BCUT2D eigenvalue weighted by atomic mass is 16.5. The molecular weight excluding hydrogens is 294 g/mol. The Kier molecular flexibility index (Phi) is 6.67. The van der Waals surface area contributed by atoms with Crippen molar-refractivity contribution >= 4 is 5.91 Å². The lowest BCUT2D eigenvalue weighted by atomic mass is 10.2. The minimum Gasteiger partial charge on any atom is -0.493 e. The summed E-state index contributed by atoms with van der Waals surface area (Å²) in [6, 6.07) is 5.67. The van der Waals surface area contributed by atoms with E-state index < -0.39 is 0 Å². The lowest BCUT2D eigenvalue weighted by Gasteiger charge is -2.32. The summed E-state index contributed by atoms with van der Waals surface area (Å²) >= 11 is 0. The molecular formula is C17H27N3O3. The zero-order chi connectivity index (χ0) is 16.7. The molecule has 0 spiro atoms. The van der Waals surface area contributed by atoms with Crippen LogP contribution in [-0.2, 0) is 11.3 Å². The van der Waals surface area contributed by atoms with Gasteiger partial charge in [0.1, 0.15) is 0 Å². The Morgan fingerprint density at radius 2 is 1.83 bits per heavy atom. The minimum atomic E-state index is 0.0821. The molecule has 1 heterocycles. The predicted molar refractivity (Wildman–Crippen MR) is 89.9 cm³/mol. The Bertz CT molecular complexity index is 514. The van der Waals surface area contributed by atoms with E-state index in [4.69, 9.17) is 9.47 Å². The molecule has 1 amide bonds. The lowest BCUT2D eigenvalue weighted by molar-refractivity contribution is -0.121. The third-order valence-electron chi connectivity index (χ3n) is 4.19. The molecule has 23 heavy (non-hydrogen) atoms. The monoisotopic (exact) mass is 321 g/mol. The first-order valence-corrected chi connectivity index (χ1v) is 8.01. The number of carbonyl (C=O) groups is 1. The van der Waals surface area contributed by atoms with Crippen LogP contribution in [0.15, 0.2) is 18.2 Å². The van der Waals surface area contributed by atoms with Crippen molar-refractivity contribution in [1.82, 2.24) is 15.1 Å². The van der Waals surface area contributed by atoms with Gasteiger partial charge in [0.25, 0.3) is 0 Å². The van der Waals surface area contributed by atoms with Gasteiger partial charge in [-0.05, 0) is 24.7 Å². The van der Waals surface area contributed by atoms with Crippen molar-refractivity contribution in [2.24, 2.45) is 0 Å². The number of nitrogens with one attached hydrogen (secondary N) is 1. The van der Waals surface area contributed by atoms with Gasteiger partial charge in [-0.15, -0.1) is 0 Å². The maximum atomic E-state index is 12.0. The molecule has 0 aromatic heterocycles. The van der Waals surface area contributed by atoms with E-state index in [-0.39, 0.29) is 5.91 Å². The first-order chi connectivity index (χ1) is 11.1. The second kappa shape index (κ2) is 8.74.